The smallest absolute Gasteiger partial charge is 0.312 e. The summed E-state index contributed by atoms with van der Waals surface area (Å²) in [5, 5.41) is 10.6. The number of nitrogens with zero attached hydrogens (tertiary/aromatic N) is 2. The monoisotopic (exact) mass is 566 g/mol. The van der Waals surface area contributed by atoms with Crippen LogP contribution >= 0.6 is 0 Å². The number of ether oxygens (including phenoxy) is 2. The molecule has 0 radical (unpaired) electrons. The molecule has 224 valence electrons. The molecule has 3 aliphatic rings. The lowest BCUT2D eigenvalue weighted by Gasteiger charge is -2.40. The number of aliphatic hydroxyl groups excluding tert-OH is 1. The number of rotatable bonds is 14. The summed E-state index contributed by atoms with van der Waals surface area (Å²) in [6.45, 7) is 15.5. The Balaban J connectivity index is 1.76. The minimum absolute atomic E-state index is 0.0891. The van der Waals surface area contributed by atoms with Crippen molar-refractivity contribution in [1.82, 2.24) is 9.80 Å². The molecule has 3 unspecified atom stereocenters. The normalized spacial score (nSPS) is 30.8. The number of carbonyl (C=O) groups is 3. The molecular weight excluding hydrogens is 520 g/mol. The van der Waals surface area contributed by atoms with E-state index in [1.165, 1.54) is 0 Å². The second kappa shape index (κ2) is 12.5. The third kappa shape index (κ3) is 5.37. The Morgan fingerprint density at radius 1 is 1.22 bits per heavy atom. The van der Waals surface area contributed by atoms with Crippen LogP contribution in [0.5, 0.6) is 0 Å². The van der Waals surface area contributed by atoms with Gasteiger partial charge in [0.25, 0.3) is 0 Å². The molecule has 1 aromatic carbocycles. The second-order valence-corrected chi connectivity index (χ2v) is 12.3. The second-order valence-electron chi connectivity index (χ2n) is 12.3. The molecule has 7 atom stereocenters. The first kappa shape index (κ1) is 31.0. The first-order valence-electron chi connectivity index (χ1n) is 14.9. The van der Waals surface area contributed by atoms with E-state index in [4.69, 9.17) is 9.47 Å². The summed E-state index contributed by atoms with van der Waals surface area (Å²) in [6, 6.07) is 7.79. The molecule has 1 N–H and O–H groups in total. The molecule has 3 fully saturated rings. The Morgan fingerprint density at radius 2 is 1.93 bits per heavy atom. The maximum Gasteiger partial charge on any atom is 0.312 e. The topological polar surface area (TPSA) is 96.4 Å². The van der Waals surface area contributed by atoms with Gasteiger partial charge < -0.3 is 24.4 Å². The summed E-state index contributed by atoms with van der Waals surface area (Å²) in [5.74, 6) is -2.85. The number of likely N-dealkylation sites (tertiary alicyclic amines) is 1. The fourth-order valence-electron chi connectivity index (χ4n) is 7.35. The molecule has 3 aliphatic heterocycles. The van der Waals surface area contributed by atoms with Crippen molar-refractivity contribution in [3.8, 4) is 0 Å². The van der Waals surface area contributed by atoms with Crippen molar-refractivity contribution in [3.05, 3.63) is 61.2 Å². The molecule has 1 aromatic rings. The number of amides is 2. The molecule has 3 saturated heterocycles. The van der Waals surface area contributed by atoms with Crippen molar-refractivity contribution in [3.63, 3.8) is 0 Å². The molecular formula is C33H46N2O6. The third-order valence-electron chi connectivity index (χ3n) is 9.44. The largest absolute Gasteiger partial charge is 0.465 e. The van der Waals surface area contributed by atoms with Gasteiger partial charge in [-0.25, -0.2) is 0 Å². The standard InChI is InChI=1S/C33H46N2O6/c1-7-9-10-14-18-40-31(39)27-26-29(37)35(25(21-36)19-24-15-12-11-13-16-24)28(30(38)34(17-8-2)22(3)4)33(26)20-23(5)32(27,6)41-33/h7-8,11-13,15-16,22-23,25-28,36H,1-2,9-10,14,17-21H2,3-6H3/t23?,25-,26+,27+,28?,32-,33?/m1/s1. The molecule has 4 rings (SSSR count). The molecule has 0 aliphatic carbocycles. The zero-order valence-corrected chi connectivity index (χ0v) is 25.0. The van der Waals surface area contributed by atoms with Crippen LogP contribution in [0.3, 0.4) is 0 Å². The van der Waals surface area contributed by atoms with Gasteiger partial charge in [0.05, 0.1) is 30.8 Å². The van der Waals surface area contributed by atoms with E-state index in [-0.39, 0.29) is 37.0 Å². The molecule has 2 amide bonds. The van der Waals surface area contributed by atoms with Crippen molar-refractivity contribution in [2.45, 2.75) is 89.1 Å². The Kier molecular flexibility index (Phi) is 9.44. The van der Waals surface area contributed by atoms with Gasteiger partial charge in [0.2, 0.25) is 11.8 Å². The fraction of sp³-hybridized carbons (Fsp3) is 0.606. The fourth-order valence-corrected chi connectivity index (χ4v) is 7.35. The predicted molar refractivity (Wildman–Crippen MR) is 157 cm³/mol. The lowest BCUT2D eigenvalue weighted by atomic mass is 9.62. The number of benzene rings is 1. The highest BCUT2D eigenvalue weighted by molar-refractivity contribution is 5.99. The van der Waals surface area contributed by atoms with E-state index < -0.39 is 41.1 Å². The number of hydrogen-bond donors (Lipinski definition) is 1. The predicted octanol–water partition coefficient (Wildman–Crippen LogP) is 3.92. The molecule has 8 heteroatoms. The van der Waals surface area contributed by atoms with E-state index in [9.17, 15) is 19.5 Å². The van der Waals surface area contributed by atoms with Gasteiger partial charge in [-0.2, -0.15) is 0 Å². The number of carbonyl (C=O) groups excluding carboxylic acids is 3. The van der Waals surface area contributed by atoms with Crippen LogP contribution in [0.4, 0.5) is 0 Å². The minimum Gasteiger partial charge on any atom is -0.465 e. The van der Waals surface area contributed by atoms with Gasteiger partial charge >= 0.3 is 5.97 Å². The lowest BCUT2D eigenvalue weighted by molar-refractivity contribution is -0.164. The maximum atomic E-state index is 14.5. The molecule has 41 heavy (non-hydrogen) atoms. The number of fused-ring (bicyclic) bond motifs is 1. The Morgan fingerprint density at radius 3 is 2.54 bits per heavy atom. The van der Waals surface area contributed by atoms with Crippen LogP contribution in [-0.4, -0.2) is 81.8 Å². The van der Waals surface area contributed by atoms with Crippen molar-refractivity contribution in [1.29, 1.82) is 0 Å². The SMILES string of the molecule is C=CCCCCOC(=O)[C@@H]1[C@H]2C(=O)N([C@@H](CO)Cc3ccccc3)C(C(=O)N(CC=C)C(C)C)C23CC(C)[C@@]1(C)O3. The van der Waals surface area contributed by atoms with E-state index in [0.717, 1.165) is 18.4 Å². The Labute approximate surface area is 244 Å². The van der Waals surface area contributed by atoms with E-state index in [1.807, 2.05) is 64.1 Å². The third-order valence-corrected chi connectivity index (χ3v) is 9.44. The van der Waals surface area contributed by atoms with Crippen LogP contribution in [0.25, 0.3) is 0 Å². The minimum atomic E-state index is -1.20. The summed E-state index contributed by atoms with van der Waals surface area (Å²) in [6.07, 6.45) is 6.72. The van der Waals surface area contributed by atoms with E-state index in [1.54, 1.807) is 15.9 Å². The van der Waals surface area contributed by atoms with Crippen molar-refractivity contribution in [2.75, 3.05) is 19.8 Å². The van der Waals surface area contributed by atoms with Crippen molar-refractivity contribution in [2.24, 2.45) is 17.8 Å². The highest BCUT2D eigenvalue weighted by Gasteiger charge is 2.80. The molecule has 2 bridgehead atoms. The maximum absolute atomic E-state index is 14.5. The van der Waals surface area contributed by atoms with Crippen LogP contribution < -0.4 is 0 Å². The first-order chi connectivity index (χ1) is 19.6. The van der Waals surface area contributed by atoms with Gasteiger partial charge in [0.1, 0.15) is 17.6 Å². The number of esters is 1. The van der Waals surface area contributed by atoms with Gasteiger partial charge in [0, 0.05) is 12.6 Å². The highest BCUT2D eigenvalue weighted by Crippen LogP contribution is 2.65. The van der Waals surface area contributed by atoms with Crippen LogP contribution in [0.15, 0.2) is 55.6 Å². The molecule has 1 spiro atoms. The van der Waals surface area contributed by atoms with Crippen LogP contribution in [0.1, 0.15) is 58.9 Å². The summed E-state index contributed by atoms with van der Waals surface area (Å²) in [4.78, 5) is 46.0. The van der Waals surface area contributed by atoms with Gasteiger partial charge in [-0.15, -0.1) is 13.2 Å². The average molecular weight is 567 g/mol. The molecule has 8 nitrogen and oxygen atoms in total. The van der Waals surface area contributed by atoms with E-state index in [2.05, 4.69) is 13.2 Å². The summed E-state index contributed by atoms with van der Waals surface area (Å²) >= 11 is 0. The van der Waals surface area contributed by atoms with Crippen molar-refractivity contribution < 1.29 is 29.0 Å². The Hall–Kier alpha value is -2.97. The Bertz CT molecular complexity index is 1140. The molecule has 3 heterocycles. The molecule has 0 saturated carbocycles. The summed E-state index contributed by atoms with van der Waals surface area (Å²) in [5.41, 5.74) is -1.21. The number of aliphatic hydroxyl groups is 1. The van der Waals surface area contributed by atoms with Crippen LogP contribution in [-0.2, 0) is 30.3 Å². The van der Waals surface area contributed by atoms with Gasteiger partial charge in [0.15, 0.2) is 0 Å². The van der Waals surface area contributed by atoms with Crippen molar-refractivity contribution >= 4 is 17.8 Å². The van der Waals surface area contributed by atoms with Gasteiger partial charge in [-0.3, -0.25) is 14.4 Å². The first-order valence-corrected chi connectivity index (χ1v) is 14.9. The van der Waals surface area contributed by atoms with E-state index in [0.29, 0.717) is 25.8 Å². The summed E-state index contributed by atoms with van der Waals surface area (Å²) < 4.78 is 12.6. The van der Waals surface area contributed by atoms with Gasteiger partial charge in [-0.1, -0.05) is 49.4 Å². The van der Waals surface area contributed by atoms with Crippen LogP contribution in [0.2, 0.25) is 0 Å². The molecule has 0 aromatic heterocycles. The number of allylic oxidation sites excluding steroid dienone is 1. The highest BCUT2D eigenvalue weighted by atomic mass is 16.6. The number of hydrogen-bond acceptors (Lipinski definition) is 6. The quantitative estimate of drug-likeness (QED) is 0.208. The zero-order chi connectivity index (χ0) is 29.9. The zero-order valence-electron chi connectivity index (χ0n) is 25.0. The number of unbranched alkanes of at least 4 members (excludes halogenated alkanes) is 2. The lowest BCUT2D eigenvalue weighted by Crippen LogP contribution is -2.60. The summed E-state index contributed by atoms with van der Waals surface area (Å²) in [7, 11) is 0. The average Bonchev–Trinajstić information content (AvgIpc) is 3.46. The van der Waals surface area contributed by atoms with Gasteiger partial charge in [-0.05, 0) is 64.4 Å². The van der Waals surface area contributed by atoms with E-state index >= 15 is 0 Å². The van der Waals surface area contributed by atoms with Crippen LogP contribution in [0, 0.1) is 17.8 Å².